The topological polar surface area (TPSA) is 135 Å². The molecule has 0 aliphatic carbocycles. The van der Waals surface area contributed by atoms with Crippen LogP contribution < -0.4 is 0 Å². The Morgan fingerprint density at radius 3 is 1.87 bits per heavy atom. The number of aliphatic hydroxyl groups excluding tert-OH is 4. The van der Waals surface area contributed by atoms with Crippen molar-refractivity contribution in [3.8, 4) is 0 Å². The van der Waals surface area contributed by atoms with Gasteiger partial charge >= 0.3 is 5.97 Å². The van der Waals surface area contributed by atoms with E-state index in [1.165, 1.54) is 70.6 Å². The van der Waals surface area contributed by atoms with Crippen molar-refractivity contribution in [3.05, 3.63) is 24.3 Å². The van der Waals surface area contributed by atoms with Crippen LogP contribution in [0.15, 0.2) is 24.3 Å². The number of hydrogen-bond acceptors (Lipinski definition) is 9. The van der Waals surface area contributed by atoms with Crippen LogP contribution in [0.3, 0.4) is 0 Å². The molecule has 0 spiro atoms. The van der Waals surface area contributed by atoms with Gasteiger partial charge in [0.25, 0.3) is 0 Å². The molecule has 0 aromatic heterocycles. The van der Waals surface area contributed by atoms with Crippen LogP contribution in [0.4, 0.5) is 0 Å². The van der Waals surface area contributed by atoms with Crippen molar-refractivity contribution >= 4 is 5.97 Å². The molecule has 9 heteroatoms. The molecule has 276 valence electrons. The van der Waals surface area contributed by atoms with Gasteiger partial charge in [0.05, 0.1) is 19.8 Å². The van der Waals surface area contributed by atoms with Crippen molar-refractivity contribution in [1.82, 2.24) is 0 Å². The SMILES string of the molecule is CCCCC/C=C\C/C=C\CCCCCCCC(=O)OC(COCCCCCCCCCCC)COC1OC(CO)C(O)C(O)C1O. The fourth-order valence-electron chi connectivity index (χ4n) is 5.58. The Morgan fingerprint density at radius 2 is 1.23 bits per heavy atom. The van der Waals surface area contributed by atoms with E-state index >= 15 is 0 Å². The Kier molecular flexibility index (Phi) is 28.5. The molecule has 1 aliphatic rings. The molecule has 4 N–H and O–H groups in total. The second-order valence-electron chi connectivity index (χ2n) is 13.0. The van der Waals surface area contributed by atoms with Gasteiger partial charge in [-0.05, 0) is 44.9 Å². The molecule has 0 saturated carbocycles. The number of allylic oxidation sites excluding steroid dienone is 4. The summed E-state index contributed by atoms with van der Waals surface area (Å²) in [5, 5.41) is 39.9. The molecular weight excluding hydrogens is 600 g/mol. The van der Waals surface area contributed by atoms with Crippen LogP contribution in [0.2, 0.25) is 0 Å². The number of esters is 1. The normalized spacial score (nSPS) is 22.4. The summed E-state index contributed by atoms with van der Waals surface area (Å²) in [6.45, 7) is 4.49. The highest BCUT2D eigenvalue weighted by Crippen LogP contribution is 2.22. The molecule has 6 atom stereocenters. The number of rotatable bonds is 31. The summed E-state index contributed by atoms with van der Waals surface area (Å²) in [5.74, 6) is -0.329. The lowest BCUT2D eigenvalue weighted by Crippen LogP contribution is -2.59. The smallest absolute Gasteiger partial charge is 0.306 e. The number of hydrogen-bond donors (Lipinski definition) is 4. The van der Waals surface area contributed by atoms with Gasteiger partial charge in [-0.3, -0.25) is 4.79 Å². The highest BCUT2D eigenvalue weighted by Gasteiger charge is 2.44. The maximum Gasteiger partial charge on any atom is 0.306 e. The van der Waals surface area contributed by atoms with E-state index < -0.39 is 43.4 Å². The maximum atomic E-state index is 12.7. The zero-order valence-electron chi connectivity index (χ0n) is 29.8. The Labute approximate surface area is 286 Å². The Hall–Kier alpha value is -1.33. The molecule has 9 nitrogen and oxygen atoms in total. The third-order valence-corrected chi connectivity index (χ3v) is 8.62. The summed E-state index contributed by atoms with van der Waals surface area (Å²) in [6, 6.07) is 0. The second kappa shape index (κ2) is 30.7. The maximum absolute atomic E-state index is 12.7. The largest absolute Gasteiger partial charge is 0.457 e. The van der Waals surface area contributed by atoms with Gasteiger partial charge in [-0.2, -0.15) is 0 Å². The minimum absolute atomic E-state index is 0.117. The monoisotopic (exact) mass is 671 g/mol. The van der Waals surface area contributed by atoms with Crippen molar-refractivity contribution < 1.29 is 44.2 Å². The molecule has 0 radical (unpaired) electrons. The molecule has 1 rings (SSSR count). The van der Waals surface area contributed by atoms with Crippen LogP contribution in [0, 0.1) is 0 Å². The molecule has 0 bridgehead atoms. The third-order valence-electron chi connectivity index (χ3n) is 8.62. The zero-order valence-corrected chi connectivity index (χ0v) is 29.8. The summed E-state index contributed by atoms with van der Waals surface area (Å²) >= 11 is 0. The number of unbranched alkanes of at least 4 members (excludes halogenated alkanes) is 16. The first-order valence-corrected chi connectivity index (χ1v) is 18.9. The highest BCUT2D eigenvalue weighted by molar-refractivity contribution is 5.69. The molecule has 1 fully saturated rings. The molecule has 6 unspecified atom stereocenters. The molecule has 1 saturated heterocycles. The summed E-state index contributed by atoms with van der Waals surface area (Å²) < 4.78 is 22.6. The van der Waals surface area contributed by atoms with E-state index in [0.29, 0.717) is 13.0 Å². The average molecular weight is 671 g/mol. The summed E-state index contributed by atoms with van der Waals surface area (Å²) in [7, 11) is 0. The number of aliphatic hydroxyl groups is 4. The van der Waals surface area contributed by atoms with Crippen LogP contribution >= 0.6 is 0 Å². The van der Waals surface area contributed by atoms with Gasteiger partial charge in [-0.25, -0.2) is 0 Å². The van der Waals surface area contributed by atoms with Crippen molar-refractivity contribution in [1.29, 1.82) is 0 Å². The van der Waals surface area contributed by atoms with E-state index in [9.17, 15) is 25.2 Å². The van der Waals surface area contributed by atoms with Crippen LogP contribution in [-0.4, -0.2) is 89.6 Å². The molecule has 0 amide bonds. The lowest BCUT2D eigenvalue weighted by atomic mass is 9.99. The Balaban J connectivity index is 2.34. The summed E-state index contributed by atoms with van der Waals surface area (Å²) in [4.78, 5) is 12.7. The van der Waals surface area contributed by atoms with Crippen molar-refractivity contribution in [2.45, 2.75) is 185 Å². The minimum atomic E-state index is -1.53. The third kappa shape index (κ3) is 22.8. The highest BCUT2D eigenvalue weighted by atomic mass is 16.7. The molecule has 1 heterocycles. The Bertz CT molecular complexity index is 772. The predicted molar refractivity (Wildman–Crippen MR) is 187 cm³/mol. The summed E-state index contributed by atoms with van der Waals surface area (Å²) in [6.07, 6.45) is 24.9. The van der Waals surface area contributed by atoms with Gasteiger partial charge in [-0.1, -0.05) is 122 Å². The lowest BCUT2D eigenvalue weighted by molar-refractivity contribution is -0.305. The zero-order chi connectivity index (χ0) is 34.4. The lowest BCUT2D eigenvalue weighted by Gasteiger charge is -2.39. The number of carbonyl (C=O) groups excluding carboxylic acids is 1. The Morgan fingerprint density at radius 1 is 0.681 bits per heavy atom. The van der Waals surface area contributed by atoms with Crippen molar-refractivity contribution in [2.24, 2.45) is 0 Å². The predicted octanol–water partition coefficient (Wildman–Crippen LogP) is 7.08. The van der Waals surface area contributed by atoms with Crippen LogP contribution in [-0.2, 0) is 23.7 Å². The van der Waals surface area contributed by atoms with Crippen LogP contribution in [0.25, 0.3) is 0 Å². The first-order valence-electron chi connectivity index (χ1n) is 18.9. The van der Waals surface area contributed by atoms with Gasteiger partial charge in [0, 0.05) is 13.0 Å². The van der Waals surface area contributed by atoms with E-state index in [1.807, 2.05) is 0 Å². The molecule has 0 aromatic carbocycles. The molecular formula is C38H70O9. The van der Waals surface area contributed by atoms with E-state index in [-0.39, 0.29) is 19.2 Å². The number of carbonyl (C=O) groups is 1. The van der Waals surface area contributed by atoms with Crippen molar-refractivity contribution in [3.63, 3.8) is 0 Å². The number of ether oxygens (including phenoxy) is 4. The van der Waals surface area contributed by atoms with E-state index in [0.717, 1.165) is 57.8 Å². The molecule has 0 aromatic rings. The summed E-state index contributed by atoms with van der Waals surface area (Å²) in [5.41, 5.74) is 0. The molecule has 1 aliphatic heterocycles. The van der Waals surface area contributed by atoms with Gasteiger partial charge < -0.3 is 39.4 Å². The van der Waals surface area contributed by atoms with Gasteiger partial charge in [0.2, 0.25) is 0 Å². The molecule has 47 heavy (non-hydrogen) atoms. The van der Waals surface area contributed by atoms with Crippen LogP contribution in [0.5, 0.6) is 0 Å². The standard InChI is InChI=1S/C38H70O9/c1-3-5-7-9-11-13-14-15-16-17-18-19-21-23-25-27-34(40)46-32(30-44-28-26-24-22-20-12-10-8-6-4-2)31-45-38-37(43)36(42)35(41)33(29-39)47-38/h11,13,15-16,32-33,35-39,41-43H,3-10,12,14,17-31H2,1-2H3/b13-11-,16-15-. The fourth-order valence-corrected chi connectivity index (χ4v) is 5.58. The minimum Gasteiger partial charge on any atom is -0.457 e. The van der Waals surface area contributed by atoms with Gasteiger partial charge in [0.15, 0.2) is 6.29 Å². The first-order chi connectivity index (χ1) is 22.9. The van der Waals surface area contributed by atoms with Crippen molar-refractivity contribution in [2.75, 3.05) is 26.4 Å². The van der Waals surface area contributed by atoms with E-state index in [4.69, 9.17) is 18.9 Å². The van der Waals surface area contributed by atoms with Gasteiger partial charge in [0.1, 0.15) is 30.5 Å². The van der Waals surface area contributed by atoms with E-state index in [1.54, 1.807) is 0 Å². The first kappa shape index (κ1) is 43.7. The average Bonchev–Trinajstić information content (AvgIpc) is 3.07. The quantitative estimate of drug-likeness (QED) is 0.0347. The van der Waals surface area contributed by atoms with E-state index in [2.05, 4.69) is 38.2 Å². The second-order valence-corrected chi connectivity index (χ2v) is 13.0. The van der Waals surface area contributed by atoms with Gasteiger partial charge in [-0.15, -0.1) is 0 Å². The fraction of sp³-hybridized carbons (Fsp3) is 0.868. The van der Waals surface area contributed by atoms with Crippen LogP contribution in [0.1, 0.15) is 149 Å².